The van der Waals surface area contributed by atoms with Gasteiger partial charge in [-0.05, 0) is 12.1 Å². The number of hydrogen-bond donors (Lipinski definition) is 0. The van der Waals surface area contributed by atoms with Crippen LogP contribution in [0.1, 0.15) is 5.56 Å². The van der Waals surface area contributed by atoms with Crippen molar-refractivity contribution in [2.24, 2.45) is 0 Å². The van der Waals surface area contributed by atoms with E-state index in [1.807, 2.05) is 29.2 Å². The molecule has 20 heavy (non-hydrogen) atoms. The van der Waals surface area contributed by atoms with Crippen LogP contribution in [0.4, 0.5) is 5.82 Å². The average molecular weight is 287 g/mol. The molecule has 0 aliphatic carbocycles. The summed E-state index contributed by atoms with van der Waals surface area (Å²) in [6.45, 7) is 0.858. The molecule has 0 amide bonds. The molecule has 0 radical (unpaired) electrons. The molecule has 0 atom stereocenters. The first-order chi connectivity index (χ1) is 9.59. The maximum absolute atomic E-state index is 11.5. The van der Waals surface area contributed by atoms with E-state index >= 15 is 0 Å². The lowest BCUT2D eigenvalue weighted by Crippen LogP contribution is -2.40. The molecule has 1 saturated heterocycles. The zero-order valence-corrected chi connectivity index (χ0v) is 11.6. The number of benzene rings is 1. The first kappa shape index (κ1) is 12.9. The Kier molecular flexibility index (Phi) is 3.07. The summed E-state index contributed by atoms with van der Waals surface area (Å²) in [5, 5.41) is 10.1. The molecular weight excluding hydrogens is 274 g/mol. The number of para-hydroxylation sites is 1. The fraction of sp³-hybridized carbons (Fsp3) is 0.286. The first-order valence-corrected chi connectivity index (χ1v) is 8.16. The summed E-state index contributed by atoms with van der Waals surface area (Å²) >= 11 is 0. The number of nitrogens with zero attached hydrogens (tertiary/aromatic N) is 3. The number of sulfone groups is 1. The number of fused-ring (bicyclic) bond motifs is 1. The normalized spacial score (nSPS) is 17.9. The van der Waals surface area contributed by atoms with Crippen LogP contribution in [0.15, 0.2) is 30.3 Å². The molecule has 6 heteroatoms. The molecule has 2 heterocycles. The van der Waals surface area contributed by atoms with Gasteiger partial charge in [0.15, 0.2) is 9.84 Å². The Morgan fingerprint density at radius 2 is 1.90 bits per heavy atom. The number of hydrogen-bond acceptors (Lipinski definition) is 5. The van der Waals surface area contributed by atoms with E-state index in [0.717, 1.165) is 10.9 Å². The van der Waals surface area contributed by atoms with Crippen molar-refractivity contribution in [2.75, 3.05) is 29.5 Å². The van der Waals surface area contributed by atoms with Crippen molar-refractivity contribution < 1.29 is 8.42 Å². The van der Waals surface area contributed by atoms with Crippen molar-refractivity contribution >= 4 is 26.6 Å². The van der Waals surface area contributed by atoms with Crippen molar-refractivity contribution in [2.45, 2.75) is 0 Å². The van der Waals surface area contributed by atoms with Gasteiger partial charge in [0.1, 0.15) is 5.82 Å². The summed E-state index contributed by atoms with van der Waals surface area (Å²) in [7, 11) is -2.92. The van der Waals surface area contributed by atoms with E-state index in [0.29, 0.717) is 24.5 Å². The van der Waals surface area contributed by atoms with Gasteiger partial charge in [-0.25, -0.2) is 13.4 Å². The fourth-order valence-corrected chi connectivity index (χ4v) is 3.56. The molecule has 5 nitrogen and oxygen atoms in total. The summed E-state index contributed by atoms with van der Waals surface area (Å²) in [4.78, 5) is 6.46. The van der Waals surface area contributed by atoms with Gasteiger partial charge in [-0.2, -0.15) is 5.26 Å². The van der Waals surface area contributed by atoms with Crippen molar-refractivity contribution in [3.63, 3.8) is 0 Å². The highest BCUT2D eigenvalue weighted by molar-refractivity contribution is 7.91. The lowest BCUT2D eigenvalue weighted by atomic mass is 10.1. The molecule has 1 aromatic carbocycles. The molecule has 0 spiro atoms. The molecule has 1 aromatic heterocycles. The molecular formula is C14H13N3O2S. The van der Waals surface area contributed by atoms with E-state index in [4.69, 9.17) is 0 Å². The smallest absolute Gasteiger partial charge is 0.153 e. The average Bonchev–Trinajstić information content (AvgIpc) is 2.46. The minimum absolute atomic E-state index is 0.142. The number of aromatic nitrogens is 1. The lowest BCUT2D eigenvalue weighted by Gasteiger charge is -2.28. The number of pyridine rings is 1. The maximum atomic E-state index is 11.5. The first-order valence-electron chi connectivity index (χ1n) is 6.34. The molecule has 3 rings (SSSR count). The minimum atomic E-state index is -2.92. The highest BCUT2D eigenvalue weighted by atomic mass is 32.2. The molecule has 2 aromatic rings. The summed E-state index contributed by atoms with van der Waals surface area (Å²) in [5.41, 5.74) is 1.33. The van der Waals surface area contributed by atoms with Crippen LogP contribution in [0.25, 0.3) is 10.9 Å². The van der Waals surface area contributed by atoms with Crippen molar-refractivity contribution in [1.82, 2.24) is 4.98 Å². The molecule has 0 bridgehead atoms. The highest BCUT2D eigenvalue weighted by Crippen LogP contribution is 2.23. The van der Waals surface area contributed by atoms with Gasteiger partial charge in [0.05, 0.1) is 28.7 Å². The Labute approximate surface area is 117 Å². The third-order valence-corrected chi connectivity index (χ3v) is 5.10. The number of anilines is 1. The third-order valence-electron chi connectivity index (χ3n) is 3.49. The predicted molar refractivity (Wildman–Crippen MR) is 77.3 cm³/mol. The molecule has 1 aliphatic rings. The van der Waals surface area contributed by atoms with Crippen LogP contribution in [0.5, 0.6) is 0 Å². The second kappa shape index (κ2) is 4.76. The van der Waals surface area contributed by atoms with Gasteiger partial charge < -0.3 is 4.90 Å². The zero-order chi connectivity index (χ0) is 14.2. The minimum Gasteiger partial charge on any atom is -0.355 e. The highest BCUT2D eigenvalue weighted by Gasteiger charge is 2.23. The predicted octanol–water partition coefficient (Wildman–Crippen LogP) is 1.34. The van der Waals surface area contributed by atoms with Crippen molar-refractivity contribution in [3.8, 4) is 6.07 Å². The molecule has 1 fully saturated rings. The van der Waals surface area contributed by atoms with Gasteiger partial charge >= 0.3 is 0 Å². The molecule has 1 aliphatic heterocycles. The van der Waals surface area contributed by atoms with Crippen LogP contribution in [-0.4, -0.2) is 38.0 Å². The van der Waals surface area contributed by atoms with Gasteiger partial charge in [-0.3, -0.25) is 0 Å². The van der Waals surface area contributed by atoms with E-state index in [9.17, 15) is 13.7 Å². The van der Waals surface area contributed by atoms with Gasteiger partial charge in [0.2, 0.25) is 0 Å². The Balaban J connectivity index is 2.03. The summed E-state index contributed by atoms with van der Waals surface area (Å²) < 4.78 is 22.9. The summed E-state index contributed by atoms with van der Waals surface area (Å²) in [5.74, 6) is 0.961. The third kappa shape index (κ3) is 2.32. The van der Waals surface area contributed by atoms with Crippen molar-refractivity contribution in [3.05, 3.63) is 35.9 Å². The van der Waals surface area contributed by atoms with E-state index in [2.05, 4.69) is 11.1 Å². The van der Waals surface area contributed by atoms with E-state index in [-0.39, 0.29) is 11.5 Å². The van der Waals surface area contributed by atoms with Crippen LogP contribution in [0.2, 0.25) is 0 Å². The lowest BCUT2D eigenvalue weighted by molar-refractivity contribution is 0.586. The number of rotatable bonds is 1. The molecule has 0 N–H and O–H groups in total. The van der Waals surface area contributed by atoms with Crippen LogP contribution < -0.4 is 4.90 Å². The zero-order valence-electron chi connectivity index (χ0n) is 10.8. The summed E-state index contributed by atoms with van der Waals surface area (Å²) in [6.07, 6.45) is 0. The Bertz CT molecular complexity index is 795. The molecule has 0 saturated carbocycles. The molecule has 102 valence electrons. The second-order valence-corrected chi connectivity index (χ2v) is 7.10. The molecule has 0 unspecified atom stereocenters. The van der Waals surface area contributed by atoms with E-state index in [1.54, 1.807) is 6.07 Å². The Morgan fingerprint density at radius 1 is 1.20 bits per heavy atom. The number of nitriles is 1. The largest absolute Gasteiger partial charge is 0.355 e. The second-order valence-electron chi connectivity index (χ2n) is 4.80. The van der Waals surface area contributed by atoms with Crippen LogP contribution >= 0.6 is 0 Å². The van der Waals surface area contributed by atoms with Crippen LogP contribution in [-0.2, 0) is 9.84 Å². The fourth-order valence-electron chi connectivity index (χ4n) is 2.36. The maximum Gasteiger partial charge on any atom is 0.153 e. The standard InChI is InChI=1S/C14H13N3O2S/c15-10-11-9-14(16-13-4-2-1-3-12(11)13)17-5-7-20(18,19)8-6-17/h1-4,9H,5-8H2. The quantitative estimate of drug-likeness (QED) is 0.791. The topological polar surface area (TPSA) is 74.1 Å². The van der Waals surface area contributed by atoms with Gasteiger partial charge in [-0.1, -0.05) is 18.2 Å². The van der Waals surface area contributed by atoms with Gasteiger partial charge in [0, 0.05) is 18.5 Å². The van der Waals surface area contributed by atoms with Crippen LogP contribution in [0, 0.1) is 11.3 Å². The monoisotopic (exact) mass is 287 g/mol. The van der Waals surface area contributed by atoms with Gasteiger partial charge in [0.25, 0.3) is 0 Å². The van der Waals surface area contributed by atoms with Crippen molar-refractivity contribution in [1.29, 1.82) is 5.26 Å². The Morgan fingerprint density at radius 3 is 2.60 bits per heavy atom. The Hall–Kier alpha value is -2.13. The van der Waals surface area contributed by atoms with Gasteiger partial charge in [-0.15, -0.1) is 0 Å². The summed E-state index contributed by atoms with van der Waals surface area (Å²) in [6, 6.07) is 11.4. The SMILES string of the molecule is N#Cc1cc(N2CCS(=O)(=O)CC2)nc2ccccc12. The van der Waals surface area contributed by atoms with E-state index < -0.39 is 9.84 Å². The van der Waals surface area contributed by atoms with Crippen LogP contribution in [0.3, 0.4) is 0 Å². The van der Waals surface area contributed by atoms with E-state index in [1.165, 1.54) is 0 Å².